The van der Waals surface area contributed by atoms with Gasteiger partial charge < -0.3 is 0 Å². The fraction of sp³-hybridized carbons (Fsp3) is 0.111. The quantitative estimate of drug-likeness (QED) is 0.411. The zero-order chi connectivity index (χ0) is 19.8. The lowest BCUT2D eigenvalue weighted by atomic mass is 10.2. The number of nitro benzene ring substituents is 1. The lowest BCUT2D eigenvalue weighted by Crippen LogP contribution is -2.28. The Labute approximate surface area is 161 Å². The Kier molecular flexibility index (Phi) is 4.32. The number of imide groups is 1. The number of amides is 3. The number of nitro groups is 1. The number of anilines is 2. The molecule has 1 N–H and O–H groups in total. The standard InChI is InChI=1S/C18H12N4O5S/c23-15-6-7-16(24)21(15)11-3-1-2-10(8-11)17(25)20-18-19-13-5-4-12(22(26)27)9-14(13)28-18/h1-5,8-9H,6-7H2,(H,19,20,25). The van der Waals surface area contributed by atoms with Gasteiger partial charge in [-0.3, -0.25) is 34.7 Å². The summed E-state index contributed by atoms with van der Waals surface area (Å²) in [5, 5.41) is 13.8. The van der Waals surface area contributed by atoms with Gasteiger partial charge in [-0.1, -0.05) is 17.4 Å². The van der Waals surface area contributed by atoms with Crippen molar-refractivity contribution in [3.05, 3.63) is 58.1 Å². The Morgan fingerprint density at radius 2 is 1.89 bits per heavy atom. The molecule has 1 aliphatic heterocycles. The van der Waals surface area contributed by atoms with E-state index >= 15 is 0 Å². The van der Waals surface area contributed by atoms with Gasteiger partial charge in [0.25, 0.3) is 11.6 Å². The van der Waals surface area contributed by atoms with Crippen LogP contribution in [0.4, 0.5) is 16.5 Å². The van der Waals surface area contributed by atoms with Crippen molar-refractivity contribution in [3.8, 4) is 0 Å². The summed E-state index contributed by atoms with van der Waals surface area (Å²) in [5.41, 5.74) is 1.09. The van der Waals surface area contributed by atoms with Crippen LogP contribution < -0.4 is 10.2 Å². The van der Waals surface area contributed by atoms with E-state index in [1.807, 2.05) is 0 Å². The highest BCUT2D eigenvalue weighted by Gasteiger charge is 2.30. The minimum atomic E-state index is -0.496. The van der Waals surface area contributed by atoms with Crippen LogP contribution in [0.25, 0.3) is 10.2 Å². The van der Waals surface area contributed by atoms with Crippen LogP contribution in [0.1, 0.15) is 23.2 Å². The summed E-state index contributed by atoms with van der Waals surface area (Å²) in [6.07, 6.45) is 0.320. The number of nitrogens with one attached hydrogen (secondary N) is 1. The van der Waals surface area contributed by atoms with Crippen LogP contribution >= 0.6 is 11.3 Å². The Morgan fingerprint density at radius 3 is 2.61 bits per heavy atom. The third-order valence-electron chi connectivity index (χ3n) is 4.22. The number of thiazole rings is 1. The second-order valence-electron chi connectivity index (χ2n) is 6.06. The summed E-state index contributed by atoms with van der Waals surface area (Å²) < 4.78 is 0.575. The lowest BCUT2D eigenvalue weighted by molar-refractivity contribution is -0.384. The summed E-state index contributed by atoms with van der Waals surface area (Å²) in [4.78, 5) is 52.0. The van der Waals surface area contributed by atoms with E-state index in [0.29, 0.717) is 21.0 Å². The van der Waals surface area contributed by atoms with E-state index in [1.54, 1.807) is 18.2 Å². The molecule has 1 fully saturated rings. The maximum Gasteiger partial charge on any atom is 0.270 e. The van der Waals surface area contributed by atoms with Crippen molar-refractivity contribution in [2.24, 2.45) is 0 Å². The smallest absolute Gasteiger partial charge is 0.270 e. The first-order valence-electron chi connectivity index (χ1n) is 8.24. The van der Waals surface area contributed by atoms with E-state index in [9.17, 15) is 24.5 Å². The van der Waals surface area contributed by atoms with Crippen molar-refractivity contribution < 1.29 is 19.3 Å². The molecule has 0 bridgehead atoms. The fourth-order valence-corrected chi connectivity index (χ4v) is 3.79. The largest absolute Gasteiger partial charge is 0.298 e. The van der Waals surface area contributed by atoms with Crippen LogP contribution in [0, 0.1) is 10.1 Å². The number of rotatable bonds is 4. The topological polar surface area (TPSA) is 123 Å². The molecular formula is C18H12N4O5S. The predicted molar refractivity (Wildman–Crippen MR) is 102 cm³/mol. The second kappa shape index (κ2) is 6.82. The van der Waals surface area contributed by atoms with Crippen LogP contribution in [0.3, 0.4) is 0 Å². The molecule has 0 aliphatic carbocycles. The minimum absolute atomic E-state index is 0.0540. The average molecular weight is 396 g/mol. The molecule has 140 valence electrons. The number of benzene rings is 2. The van der Waals surface area contributed by atoms with Crippen molar-refractivity contribution >= 4 is 55.8 Å². The minimum Gasteiger partial charge on any atom is -0.298 e. The molecule has 10 heteroatoms. The molecule has 4 rings (SSSR count). The number of aromatic nitrogens is 1. The van der Waals surface area contributed by atoms with Crippen LogP contribution in [0.5, 0.6) is 0 Å². The molecule has 2 aromatic carbocycles. The molecule has 3 amide bonds. The van der Waals surface area contributed by atoms with Gasteiger partial charge >= 0.3 is 0 Å². The van der Waals surface area contributed by atoms with Gasteiger partial charge in [-0.15, -0.1) is 0 Å². The van der Waals surface area contributed by atoms with Crippen molar-refractivity contribution in [2.45, 2.75) is 12.8 Å². The fourth-order valence-electron chi connectivity index (χ4n) is 2.90. The first kappa shape index (κ1) is 17.7. The van der Waals surface area contributed by atoms with Crippen molar-refractivity contribution in [1.82, 2.24) is 4.98 Å². The maximum atomic E-state index is 12.6. The molecule has 2 heterocycles. The van der Waals surface area contributed by atoms with Gasteiger partial charge in [0.05, 0.1) is 20.8 Å². The summed E-state index contributed by atoms with van der Waals surface area (Å²) in [5.74, 6) is -1.06. The van der Waals surface area contributed by atoms with Gasteiger partial charge in [0, 0.05) is 30.5 Å². The summed E-state index contributed by atoms with van der Waals surface area (Å²) in [6, 6.07) is 10.5. The van der Waals surface area contributed by atoms with Crippen LogP contribution in [-0.2, 0) is 9.59 Å². The maximum absolute atomic E-state index is 12.6. The van der Waals surface area contributed by atoms with Gasteiger partial charge in [0.2, 0.25) is 11.8 Å². The first-order valence-corrected chi connectivity index (χ1v) is 9.06. The third-order valence-corrected chi connectivity index (χ3v) is 5.15. The second-order valence-corrected chi connectivity index (χ2v) is 7.09. The van der Waals surface area contributed by atoms with E-state index < -0.39 is 10.8 Å². The van der Waals surface area contributed by atoms with E-state index in [-0.39, 0.29) is 35.9 Å². The highest BCUT2D eigenvalue weighted by molar-refractivity contribution is 7.22. The number of non-ortho nitro benzene ring substituents is 1. The molecule has 9 nitrogen and oxygen atoms in total. The average Bonchev–Trinajstić information content (AvgIpc) is 3.23. The molecule has 0 atom stereocenters. The number of nitrogens with zero attached hydrogens (tertiary/aromatic N) is 3. The normalized spacial score (nSPS) is 13.9. The Hall–Kier alpha value is -3.66. The SMILES string of the molecule is O=C(Nc1nc2ccc([N+](=O)[O-])cc2s1)c1cccc(N2C(=O)CCC2=O)c1. The number of fused-ring (bicyclic) bond motifs is 1. The van der Waals surface area contributed by atoms with Gasteiger partial charge in [-0.2, -0.15) is 0 Å². The third kappa shape index (κ3) is 3.21. The van der Waals surface area contributed by atoms with Gasteiger partial charge in [-0.05, 0) is 24.3 Å². The number of hydrogen-bond donors (Lipinski definition) is 1. The molecule has 0 radical (unpaired) electrons. The Morgan fingerprint density at radius 1 is 1.14 bits per heavy atom. The zero-order valence-electron chi connectivity index (χ0n) is 14.2. The highest BCUT2D eigenvalue weighted by Crippen LogP contribution is 2.30. The van der Waals surface area contributed by atoms with Crippen LogP contribution in [0.2, 0.25) is 0 Å². The van der Waals surface area contributed by atoms with Crippen LogP contribution in [-0.4, -0.2) is 27.6 Å². The molecule has 28 heavy (non-hydrogen) atoms. The molecular weight excluding hydrogens is 384 g/mol. The predicted octanol–water partition coefficient (Wildman–Crippen LogP) is 3.11. The molecule has 0 saturated carbocycles. The lowest BCUT2D eigenvalue weighted by Gasteiger charge is -2.14. The number of carbonyl (C=O) groups excluding carboxylic acids is 3. The summed E-state index contributed by atoms with van der Waals surface area (Å²) in [7, 11) is 0. The summed E-state index contributed by atoms with van der Waals surface area (Å²) >= 11 is 1.12. The van der Waals surface area contributed by atoms with E-state index in [2.05, 4.69) is 10.3 Å². The Bertz CT molecular complexity index is 1140. The monoisotopic (exact) mass is 396 g/mol. The number of hydrogen-bond acceptors (Lipinski definition) is 7. The van der Waals surface area contributed by atoms with Crippen LogP contribution in [0.15, 0.2) is 42.5 Å². The van der Waals surface area contributed by atoms with E-state index in [1.165, 1.54) is 24.3 Å². The van der Waals surface area contributed by atoms with E-state index in [0.717, 1.165) is 16.2 Å². The van der Waals surface area contributed by atoms with Crippen molar-refractivity contribution in [3.63, 3.8) is 0 Å². The zero-order valence-corrected chi connectivity index (χ0v) is 15.1. The summed E-state index contributed by atoms with van der Waals surface area (Å²) in [6.45, 7) is 0. The molecule has 3 aromatic rings. The molecule has 0 spiro atoms. The molecule has 0 unspecified atom stereocenters. The van der Waals surface area contributed by atoms with Crippen molar-refractivity contribution in [1.29, 1.82) is 0 Å². The van der Waals surface area contributed by atoms with E-state index in [4.69, 9.17) is 0 Å². The van der Waals surface area contributed by atoms with Crippen molar-refractivity contribution in [2.75, 3.05) is 10.2 Å². The molecule has 1 saturated heterocycles. The van der Waals surface area contributed by atoms with Gasteiger partial charge in [0.15, 0.2) is 5.13 Å². The highest BCUT2D eigenvalue weighted by atomic mass is 32.1. The molecule has 1 aromatic heterocycles. The molecule has 1 aliphatic rings. The Balaban J connectivity index is 1.58. The van der Waals surface area contributed by atoms with Gasteiger partial charge in [-0.25, -0.2) is 4.98 Å². The van der Waals surface area contributed by atoms with Gasteiger partial charge in [0.1, 0.15) is 0 Å². The number of carbonyl (C=O) groups is 3. The first-order chi connectivity index (χ1) is 13.4.